The van der Waals surface area contributed by atoms with Crippen molar-refractivity contribution in [3.63, 3.8) is 0 Å². The monoisotopic (exact) mass is 493 g/mol. The highest BCUT2D eigenvalue weighted by Gasteiger charge is 2.33. The Morgan fingerprint density at radius 2 is 1.97 bits per heavy atom. The molecule has 1 aliphatic heterocycles. The van der Waals surface area contributed by atoms with Gasteiger partial charge in [-0.25, -0.2) is 18.4 Å². The summed E-state index contributed by atoms with van der Waals surface area (Å²) < 4.78 is 28.8. The lowest BCUT2D eigenvalue weighted by molar-refractivity contribution is -0.126. The molecule has 4 heterocycles. The number of thiazole rings is 1. The van der Waals surface area contributed by atoms with Crippen LogP contribution in [0.4, 0.5) is 0 Å². The lowest BCUT2D eigenvalue weighted by Crippen LogP contribution is -2.43. The number of hydrogen-bond acceptors (Lipinski definition) is 7. The van der Waals surface area contributed by atoms with Crippen LogP contribution in [0.1, 0.15) is 28.6 Å². The van der Waals surface area contributed by atoms with Crippen molar-refractivity contribution in [2.45, 2.75) is 38.1 Å². The van der Waals surface area contributed by atoms with Crippen LogP contribution in [-0.2, 0) is 28.3 Å². The summed E-state index contributed by atoms with van der Waals surface area (Å²) in [6.45, 7) is 5.00. The van der Waals surface area contributed by atoms with Gasteiger partial charge in [0.15, 0.2) is 5.03 Å². The predicted octanol–water partition coefficient (Wildman–Crippen LogP) is 2.98. The Kier molecular flexibility index (Phi) is 6.80. The van der Waals surface area contributed by atoms with E-state index in [2.05, 4.69) is 32.8 Å². The van der Waals surface area contributed by atoms with Gasteiger partial charge in [-0.2, -0.15) is 4.31 Å². The van der Waals surface area contributed by atoms with E-state index in [1.54, 1.807) is 41.2 Å². The third kappa shape index (κ3) is 4.95. The number of hydrogen-bond donors (Lipinski definition) is 1. The van der Waals surface area contributed by atoms with Crippen LogP contribution in [0.5, 0.6) is 0 Å². The van der Waals surface area contributed by atoms with Gasteiger partial charge in [0.2, 0.25) is 5.91 Å². The smallest absolute Gasteiger partial charge is 0.262 e. The van der Waals surface area contributed by atoms with Gasteiger partial charge >= 0.3 is 0 Å². The third-order valence-electron chi connectivity index (χ3n) is 5.72. The highest BCUT2D eigenvalue weighted by Crippen LogP contribution is 2.29. The van der Waals surface area contributed by atoms with E-state index in [4.69, 9.17) is 0 Å². The van der Waals surface area contributed by atoms with Gasteiger partial charge in [-0.3, -0.25) is 4.79 Å². The quantitative estimate of drug-likeness (QED) is 0.546. The first kappa shape index (κ1) is 23.1. The van der Waals surface area contributed by atoms with Crippen molar-refractivity contribution in [1.82, 2.24) is 24.2 Å². The van der Waals surface area contributed by atoms with Crippen molar-refractivity contribution in [3.05, 3.63) is 39.4 Å². The molecule has 1 amide bonds. The molecule has 3 aromatic heterocycles. The Hall–Kier alpha value is -2.08. The van der Waals surface area contributed by atoms with Gasteiger partial charge < -0.3 is 9.88 Å². The van der Waals surface area contributed by atoms with Crippen molar-refractivity contribution in [1.29, 1.82) is 0 Å². The molecule has 0 aromatic carbocycles. The molecule has 0 aliphatic carbocycles. The van der Waals surface area contributed by atoms with E-state index in [1.165, 1.54) is 15.4 Å². The number of piperidine rings is 1. The molecule has 8 nitrogen and oxygen atoms in total. The fourth-order valence-electron chi connectivity index (χ4n) is 3.72. The molecule has 0 unspecified atom stereocenters. The maximum atomic E-state index is 12.8. The van der Waals surface area contributed by atoms with Crippen LogP contribution in [0.25, 0.3) is 10.6 Å². The van der Waals surface area contributed by atoms with Gasteiger partial charge in [-0.05, 0) is 45.2 Å². The minimum atomic E-state index is -3.62. The highest BCUT2D eigenvalue weighted by molar-refractivity contribution is 7.89. The summed E-state index contributed by atoms with van der Waals surface area (Å²) in [5.41, 5.74) is 1.01. The molecule has 0 radical (unpaired) electrons. The van der Waals surface area contributed by atoms with Crippen molar-refractivity contribution < 1.29 is 13.2 Å². The highest BCUT2D eigenvalue weighted by atomic mass is 32.2. The van der Waals surface area contributed by atoms with Gasteiger partial charge in [0.05, 0.1) is 15.6 Å². The van der Waals surface area contributed by atoms with Gasteiger partial charge in [-0.15, -0.1) is 22.7 Å². The number of nitrogens with one attached hydrogen (secondary N) is 1. The molecule has 3 aromatic rings. The number of nitrogens with zero attached hydrogens (tertiary/aromatic N) is 4. The van der Waals surface area contributed by atoms with Crippen molar-refractivity contribution >= 4 is 38.6 Å². The molecule has 0 bridgehead atoms. The Labute approximate surface area is 196 Å². The number of imidazole rings is 1. The molecule has 0 atom stereocenters. The Balaban J connectivity index is 1.25. The van der Waals surface area contributed by atoms with Crippen molar-refractivity contribution in [2.75, 3.05) is 19.6 Å². The van der Waals surface area contributed by atoms with E-state index < -0.39 is 10.0 Å². The first-order valence-electron chi connectivity index (χ1n) is 10.5. The van der Waals surface area contributed by atoms with Crippen molar-refractivity contribution in [3.8, 4) is 10.6 Å². The summed E-state index contributed by atoms with van der Waals surface area (Å²) in [6, 6.07) is 4.17. The SMILES string of the molecule is Cc1nc(-c2ccc(CCNC(=O)C3CCN(S(=O)(=O)c4cn(C)c(C)n4)CC3)s2)cs1. The molecule has 11 heteroatoms. The average Bonchev–Trinajstić information content (AvgIpc) is 3.49. The molecule has 1 saturated heterocycles. The minimum absolute atomic E-state index is 0.00244. The largest absolute Gasteiger partial charge is 0.355 e. The molecule has 1 N–H and O–H groups in total. The van der Waals surface area contributed by atoms with E-state index in [-0.39, 0.29) is 16.9 Å². The third-order valence-corrected chi connectivity index (χ3v) is 9.43. The Bertz CT molecular complexity index is 1180. The molecular formula is C21H27N5O3S3. The molecule has 0 spiro atoms. The number of aromatic nitrogens is 3. The van der Waals surface area contributed by atoms with Crippen LogP contribution in [0.2, 0.25) is 0 Å². The second-order valence-corrected chi connectivity index (χ2v) is 12.1. The standard InChI is InChI=1S/C21H27N5O3S3/c1-14-23-20(12-25(14)3)32(28,29)26-10-7-16(8-11-26)21(27)22-9-6-17-4-5-19(31-17)18-13-30-15(2)24-18/h4-5,12-13,16H,6-11H2,1-3H3,(H,22,27). The number of carbonyl (C=O) groups excluding carboxylic acids is 1. The van der Waals surface area contributed by atoms with Crippen LogP contribution in [-0.4, -0.2) is 52.8 Å². The first-order chi connectivity index (χ1) is 15.2. The lowest BCUT2D eigenvalue weighted by atomic mass is 9.97. The molecule has 1 fully saturated rings. The molecular weight excluding hydrogens is 466 g/mol. The molecule has 4 rings (SSSR count). The summed E-state index contributed by atoms with van der Waals surface area (Å²) in [6.07, 6.45) is 3.34. The Morgan fingerprint density at radius 3 is 2.59 bits per heavy atom. The van der Waals surface area contributed by atoms with Crippen LogP contribution in [0.15, 0.2) is 28.7 Å². The fourth-order valence-corrected chi connectivity index (χ4v) is 6.87. The van der Waals surface area contributed by atoms with E-state index in [9.17, 15) is 13.2 Å². The maximum Gasteiger partial charge on any atom is 0.262 e. The topological polar surface area (TPSA) is 97.2 Å². The molecule has 0 saturated carbocycles. The lowest BCUT2D eigenvalue weighted by Gasteiger charge is -2.29. The van der Waals surface area contributed by atoms with Crippen LogP contribution >= 0.6 is 22.7 Å². The number of rotatable bonds is 7. The van der Waals surface area contributed by atoms with Gasteiger partial charge in [0.25, 0.3) is 10.0 Å². The van der Waals surface area contributed by atoms with Gasteiger partial charge in [-0.1, -0.05) is 0 Å². The molecule has 1 aliphatic rings. The summed E-state index contributed by atoms with van der Waals surface area (Å²) >= 11 is 3.34. The average molecular weight is 494 g/mol. The Morgan fingerprint density at radius 1 is 1.22 bits per heavy atom. The summed E-state index contributed by atoms with van der Waals surface area (Å²) in [4.78, 5) is 23.6. The molecule has 172 valence electrons. The second kappa shape index (κ2) is 9.42. The number of carbonyl (C=O) groups is 1. The summed E-state index contributed by atoms with van der Waals surface area (Å²) in [5, 5.41) is 6.21. The van der Waals surface area contributed by atoms with Gasteiger partial charge in [0, 0.05) is 49.1 Å². The zero-order valence-corrected chi connectivity index (χ0v) is 20.8. The first-order valence-corrected chi connectivity index (χ1v) is 13.7. The van der Waals surface area contributed by atoms with Gasteiger partial charge in [0.1, 0.15) is 5.82 Å². The zero-order chi connectivity index (χ0) is 22.9. The maximum absolute atomic E-state index is 12.8. The normalized spacial score (nSPS) is 15.8. The van der Waals surface area contributed by atoms with Crippen molar-refractivity contribution in [2.24, 2.45) is 13.0 Å². The van der Waals surface area contributed by atoms with E-state index in [0.29, 0.717) is 38.3 Å². The number of amides is 1. The minimum Gasteiger partial charge on any atom is -0.355 e. The van der Waals surface area contributed by atoms with E-state index in [1.807, 2.05) is 6.92 Å². The number of thiophene rings is 1. The summed E-state index contributed by atoms with van der Waals surface area (Å²) in [7, 11) is -1.85. The molecule has 32 heavy (non-hydrogen) atoms. The summed E-state index contributed by atoms with van der Waals surface area (Å²) in [5.74, 6) is 0.490. The number of aryl methyl sites for hydroxylation is 3. The zero-order valence-electron chi connectivity index (χ0n) is 18.4. The second-order valence-electron chi connectivity index (χ2n) is 7.97. The van der Waals surface area contributed by atoms with E-state index in [0.717, 1.165) is 22.0 Å². The van der Waals surface area contributed by atoms with Crippen LogP contribution in [0.3, 0.4) is 0 Å². The van der Waals surface area contributed by atoms with E-state index >= 15 is 0 Å². The van der Waals surface area contributed by atoms with Crippen LogP contribution < -0.4 is 5.32 Å². The fraction of sp³-hybridized carbons (Fsp3) is 0.476. The number of sulfonamides is 1. The predicted molar refractivity (Wildman–Crippen MR) is 126 cm³/mol. The van der Waals surface area contributed by atoms with Crippen LogP contribution in [0, 0.1) is 19.8 Å².